The summed E-state index contributed by atoms with van der Waals surface area (Å²) in [5, 5.41) is 9.31. The Morgan fingerprint density at radius 2 is 1.39 bits per heavy atom. The quantitative estimate of drug-likeness (QED) is 0.520. The molecule has 4 nitrogen and oxygen atoms in total. The van der Waals surface area contributed by atoms with Crippen LogP contribution < -0.4 is 10.6 Å². The monoisotopic (exact) mass is 320 g/mol. The summed E-state index contributed by atoms with van der Waals surface area (Å²) in [6.45, 7) is 2.88. The number of carbonyl (C=O) groups excluding carboxylic acids is 1. The van der Waals surface area contributed by atoms with Gasteiger partial charge in [0.1, 0.15) is 5.75 Å². The van der Waals surface area contributed by atoms with Crippen molar-refractivity contribution in [3.8, 4) is 5.75 Å². The van der Waals surface area contributed by atoms with Crippen LogP contribution >= 0.6 is 0 Å². The van der Waals surface area contributed by atoms with Gasteiger partial charge >= 0.3 is 6.03 Å². The first-order chi connectivity index (χ1) is 11.1. The predicted octanol–water partition coefficient (Wildman–Crippen LogP) is 5.20. The number of nitrogens with zero attached hydrogens (tertiary/aromatic N) is 1. The molecule has 0 fully saturated rings. The average molecular weight is 320 g/mol. The standard InChI is InChI=1S/C19H32N2O2/c1-2-3-4-5-6-7-8-9-10-11-16-21(19(20)23)17-12-14-18(22)15-13-17/h12-15,22H,2-11,16H2,1H3,(H2,20,23). The highest BCUT2D eigenvalue weighted by Crippen LogP contribution is 2.19. The van der Waals surface area contributed by atoms with Crippen LogP contribution in [-0.2, 0) is 0 Å². The van der Waals surface area contributed by atoms with Crippen LogP contribution in [0.15, 0.2) is 24.3 Å². The maximum absolute atomic E-state index is 11.6. The first kappa shape index (κ1) is 19.3. The summed E-state index contributed by atoms with van der Waals surface area (Å²) < 4.78 is 0. The number of urea groups is 1. The molecule has 0 unspecified atom stereocenters. The number of hydrogen-bond donors (Lipinski definition) is 2. The van der Waals surface area contributed by atoms with E-state index in [0.717, 1.165) is 18.5 Å². The Balaban J connectivity index is 2.14. The van der Waals surface area contributed by atoms with E-state index in [1.807, 2.05) is 0 Å². The molecule has 0 aliphatic heterocycles. The molecule has 0 aromatic heterocycles. The van der Waals surface area contributed by atoms with E-state index in [-0.39, 0.29) is 5.75 Å². The Labute approximate surface area is 140 Å². The highest BCUT2D eigenvalue weighted by molar-refractivity contribution is 5.90. The van der Waals surface area contributed by atoms with Crippen molar-refractivity contribution in [2.75, 3.05) is 11.4 Å². The van der Waals surface area contributed by atoms with Crippen LogP contribution in [0.2, 0.25) is 0 Å². The molecule has 1 rings (SSSR count). The molecule has 0 atom stereocenters. The summed E-state index contributed by atoms with van der Waals surface area (Å²) in [6, 6.07) is 6.15. The zero-order valence-electron chi connectivity index (χ0n) is 14.5. The molecule has 4 heteroatoms. The Morgan fingerprint density at radius 3 is 1.87 bits per heavy atom. The van der Waals surface area contributed by atoms with Gasteiger partial charge in [-0.15, -0.1) is 0 Å². The fraction of sp³-hybridized carbons (Fsp3) is 0.632. The Bertz CT molecular complexity index is 432. The largest absolute Gasteiger partial charge is 0.508 e. The van der Waals surface area contributed by atoms with Crippen molar-refractivity contribution in [1.29, 1.82) is 0 Å². The first-order valence-electron chi connectivity index (χ1n) is 9.01. The van der Waals surface area contributed by atoms with Crippen LogP contribution in [0.5, 0.6) is 5.75 Å². The number of amides is 2. The molecule has 130 valence electrons. The number of benzene rings is 1. The molecule has 1 aromatic carbocycles. The van der Waals surface area contributed by atoms with Gasteiger partial charge in [0, 0.05) is 12.2 Å². The number of rotatable bonds is 12. The summed E-state index contributed by atoms with van der Waals surface area (Å²) >= 11 is 0. The number of hydrogen-bond acceptors (Lipinski definition) is 2. The third kappa shape index (κ3) is 8.48. The molecule has 1 aromatic rings. The summed E-state index contributed by atoms with van der Waals surface area (Å²) in [6.07, 6.45) is 12.6. The van der Waals surface area contributed by atoms with Gasteiger partial charge in [0.05, 0.1) is 0 Å². The van der Waals surface area contributed by atoms with Crippen molar-refractivity contribution >= 4 is 11.7 Å². The van der Waals surface area contributed by atoms with E-state index in [4.69, 9.17) is 5.73 Å². The number of phenolic OH excluding ortho intramolecular Hbond substituents is 1. The van der Waals surface area contributed by atoms with E-state index < -0.39 is 6.03 Å². The number of anilines is 1. The van der Waals surface area contributed by atoms with Gasteiger partial charge in [-0.3, -0.25) is 4.90 Å². The molecule has 0 aliphatic carbocycles. The lowest BCUT2D eigenvalue weighted by atomic mass is 10.1. The van der Waals surface area contributed by atoms with E-state index in [1.165, 1.54) is 51.4 Å². The Kier molecular flexibility index (Phi) is 9.92. The molecular formula is C19H32N2O2. The van der Waals surface area contributed by atoms with Crippen molar-refractivity contribution in [3.63, 3.8) is 0 Å². The molecule has 0 saturated heterocycles. The molecule has 3 N–H and O–H groups in total. The fourth-order valence-electron chi connectivity index (χ4n) is 2.76. The van der Waals surface area contributed by atoms with Gasteiger partial charge in [-0.25, -0.2) is 4.79 Å². The molecule has 0 saturated carbocycles. The lowest BCUT2D eigenvalue weighted by Gasteiger charge is -2.20. The van der Waals surface area contributed by atoms with Gasteiger partial charge in [-0.2, -0.15) is 0 Å². The number of aromatic hydroxyl groups is 1. The fourth-order valence-corrected chi connectivity index (χ4v) is 2.76. The number of unbranched alkanes of at least 4 members (excludes halogenated alkanes) is 9. The zero-order valence-corrected chi connectivity index (χ0v) is 14.5. The van der Waals surface area contributed by atoms with E-state index in [0.29, 0.717) is 6.54 Å². The van der Waals surface area contributed by atoms with Gasteiger partial charge in [-0.05, 0) is 30.7 Å². The third-order valence-electron chi connectivity index (χ3n) is 4.16. The Morgan fingerprint density at radius 1 is 0.913 bits per heavy atom. The highest BCUT2D eigenvalue weighted by atomic mass is 16.3. The maximum atomic E-state index is 11.6. The van der Waals surface area contributed by atoms with Crippen molar-refractivity contribution in [2.45, 2.75) is 71.1 Å². The van der Waals surface area contributed by atoms with E-state index in [2.05, 4.69) is 6.92 Å². The molecule has 0 aliphatic rings. The average Bonchev–Trinajstić information content (AvgIpc) is 2.53. The Hall–Kier alpha value is -1.71. The topological polar surface area (TPSA) is 66.6 Å². The highest BCUT2D eigenvalue weighted by Gasteiger charge is 2.11. The van der Waals surface area contributed by atoms with Crippen LogP contribution in [0.4, 0.5) is 10.5 Å². The smallest absolute Gasteiger partial charge is 0.319 e. The molecule has 23 heavy (non-hydrogen) atoms. The second-order valence-electron chi connectivity index (χ2n) is 6.19. The minimum absolute atomic E-state index is 0.192. The van der Waals surface area contributed by atoms with Crippen LogP contribution in [0.25, 0.3) is 0 Å². The summed E-state index contributed by atoms with van der Waals surface area (Å²) in [5.41, 5.74) is 6.19. The lowest BCUT2D eigenvalue weighted by Crippen LogP contribution is -2.36. The second kappa shape index (κ2) is 11.8. The summed E-state index contributed by atoms with van der Waals surface area (Å²) in [7, 11) is 0. The van der Waals surface area contributed by atoms with Crippen LogP contribution in [0.3, 0.4) is 0 Å². The first-order valence-corrected chi connectivity index (χ1v) is 9.01. The van der Waals surface area contributed by atoms with Crippen molar-refractivity contribution in [1.82, 2.24) is 0 Å². The predicted molar refractivity (Wildman–Crippen MR) is 96.9 cm³/mol. The SMILES string of the molecule is CCCCCCCCCCCCN(C(N)=O)c1ccc(O)cc1. The van der Waals surface area contributed by atoms with Crippen LogP contribution in [0, 0.1) is 0 Å². The summed E-state index contributed by atoms with van der Waals surface area (Å²) in [4.78, 5) is 13.1. The van der Waals surface area contributed by atoms with Crippen molar-refractivity contribution in [3.05, 3.63) is 24.3 Å². The second-order valence-corrected chi connectivity index (χ2v) is 6.19. The number of phenols is 1. The number of nitrogens with two attached hydrogens (primary N) is 1. The normalized spacial score (nSPS) is 10.7. The van der Waals surface area contributed by atoms with Crippen molar-refractivity contribution < 1.29 is 9.90 Å². The molecule has 0 spiro atoms. The summed E-state index contributed by atoms with van der Waals surface area (Å²) in [5.74, 6) is 0.192. The zero-order chi connectivity index (χ0) is 16.9. The van der Waals surface area contributed by atoms with E-state index in [1.54, 1.807) is 29.2 Å². The maximum Gasteiger partial charge on any atom is 0.319 e. The van der Waals surface area contributed by atoms with E-state index >= 15 is 0 Å². The molecule has 0 heterocycles. The number of carbonyl (C=O) groups is 1. The minimum Gasteiger partial charge on any atom is -0.508 e. The van der Waals surface area contributed by atoms with E-state index in [9.17, 15) is 9.90 Å². The third-order valence-corrected chi connectivity index (χ3v) is 4.16. The van der Waals surface area contributed by atoms with Gasteiger partial charge < -0.3 is 10.8 Å². The van der Waals surface area contributed by atoms with Crippen LogP contribution in [0.1, 0.15) is 71.1 Å². The minimum atomic E-state index is -0.438. The van der Waals surface area contributed by atoms with Gasteiger partial charge in [0.15, 0.2) is 0 Å². The lowest BCUT2D eigenvalue weighted by molar-refractivity contribution is 0.253. The number of primary amides is 1. The van der Waals surface area contributed by atoms with Gasteiger partial charge in [0.25, 0.3) is 0 Å². The van der Waals surface area contributed by atoms with Gasteiger partial charge in [-0.1, -0.05) is 64.7 Å². The van der Waals surface area contributed by atoms with Crippen LogP contribution in [-0.4, -0.2) is 17.7 Å². The molecule has 2 amide bonds. The molecule has 0 radical (unpaired) electrons. The van der Waals surface area contributed by atoms with Crippen molar-refractivity contribution in [2.24, 2.45) is 5.73 Å². The molecule has 0 bridgehead atoms. The molecular weight excluding hydrogens is 288 g/mol. The van der Waals surface area contributed by atoms with Gasteiger partial charge in [0.2, 0.25) is 0 Å².